The van der Waals surface area contributed by atoms with E-state index >= 15 is 0 Å². The Balaban J connectivity index is 1.83. The van der Waals surface area contributed by atoms with E-state index in [4.69, 9.17) is 33.4 Å². The fourth-order valence-electron chi connectivity index (χ4n) is 9.41. The molecule has 4 aliphatic rings. The number of methoxy groups -OCH3 is 1. The quantitative estimate of drug-likeness (QED) is 0.274. The molecule has 326 valence electrons. The van der Waals surface area contributed by atoms with Gasteiger partial charge in [-0.2, -0.15) is 0 Å². The van der Waals surface area contributed by atoms with Crippen molar-refractivity contribution in [2.24, 2.45) is 22.7 Å². The van der Waals surface area contributed by atoms with E-state index in [1.54, 1.807) is 46.4 Å². The molecule has 4 aliphatic heterocycles. The van der Waals surface area contributed by atoms with Crippen LogP contribution >= 0.6 is 11.8 Å². The van der Waals surface area contributed by atoms with Crippen molar-refractivity contribution >= 4 is 22.9 Å². The molecule has 0 radical (unpaired) electrons. The molecule has 18 atom stereocenters. The molecule has 0 aliphatic carbocycles. The number of nitrogens with zero attached hydrogens (tertiary/aromatic N) is 3. The van der Waals surface area contributed by atoms with Crippen molar-refractivity contribution in [3.63, 3.8) is 0 Å². The lowest BCUT2D eigenvalue weighted by Crippen LogP contribution is -2.59. The summed E-state index contributed by atoms with van der Waals surface area (Å²) in [4.78, 5) is 23.4. The van der Waals surface area contributed by atoms with Gasteiger partial charge in [0.05, 0.1) is 52.8 Å². The molecule has 4 heterocycles. The number of carbonyl (C=O) groups excluding carboxylic acids is 1. The fourth-order valence-corrected chi connectivity index (χ4v) is 10.9. The highest BCUT2D eigenvalue weighted by molar-refractivity contribution is 8.14. The maximum atomic E-state index is 14.4. The van der Waals surface area contributed by atoms with Gasteiger partial charge < -0.3 is 58.6 Å². The van der Waals surface area contributed by atoms with E-state index in [1.807, 2.05) is 39.6 Å². The summed E-state index contributed by atoms with van der Waals surface area (Å²) in [6.45, 7) is 22.7. The van der Waals surface area contributed by atoms with Crippen LogP contribution in [0.4, 0.5) is 0 Å². The summed E-state index contributed by atoms with van der Waals surface area (Å²) in [7, 11) is 5.46. The van der Waals surface area contributed by atoms with Crippen LogP contribution in [0, 0.1) is 17.8 Å². The van der Waals surface area contributed by atoms with E-state index in [9.17, 15) is 25.2 Å². The lowest BCUT2D eigenvalue weighted by atomic mass is 9.77. The predicted octanol–water partition coefficient (Wildman–Crippen LogP) is 3.79. The molecule has 0 aromatic heterocycles. The number of thioether (sulfide) groups is 1. The van der Waals surface area contributed by atoms with Crippen LogP contribution in [-0.2, 0) is 33.2 Å². The van der Waals surface area contributed by atoms with Gasteiger partial charge in [-0.15, -0.1) is 0 Å². The third-order valence-corrected chi connectivity index (χ3v) is 14.3. The molecule has 14 nitrogen and oxygen atoms in total. The Morgan fingerprint density at radius 2 is 1.62 bits per heavy atom. The molecule has 0 aromatic carbocycles. The minimum atomic E-state index is -1.78. The van der Waals surface area contributed by atoms with Crippen LogP contribution in [0.3, 0.4) is 0 Å². The number of amidine groups is 1. The predicted molar refractivity (Wildman–Crippen MR) is 216 cm³/mol. The third kappa shape index (κ3) is 10.2. The average molecular weight is 818 g/mol. The van der Waals surface area contributed by atoms with Crippen LogP contribution in [0.1, 0.15) is 109 Å². The summed E-state index contributed by atoms with van der Waals surface area (Å²) in [6, 6.07) is -0.325. The maximum absolute atomic E-state index is 14.4. The van der Waals surface area contributed by atoms with Crippen molar-refractivity contribution in [1.29, 1.82) is 0 Å². The average Bonchev–Trinajstić information content (AvgIpc) is 3.41. The summed E-state index contributed by atoms with van der Waals surface area (Å²) in [6.07, 6.45) is -6.06. The first-order valence-corrected chi connectivity index (χ1v) is 21.6. The third-order valence-electron chi connectivity index (χ3n) is 12.9. The van der Waals surface area contributed by atoms with E-state index in [0.717, 1.165) is 11.6 Å². The Morgan fingerprint density at radius 3 is 2.21 bits per heavy atom. The lowest BCUT2D eigenvalue weighted by molar-refractivity contribution is -0.307. The zero-order valence-electron chi connectivity index (χ0n) is 36.7. The van der Waals surface area contributed by atoms with Crippen LogP contribution in [0.25, 0.3) is 0 Å². The SMILES string of the molecule is CC[C@H]1OC(=O)[C@H](C)[C@@H](O[C@H]2C[C@@](C)(OC)[C@@H](O)[C@H](C)O2)[C@H](C)[C@@H](O[C@@H]2O[C@H](C)C[C@H]3[C@@H]2SC(=NC(C)C)N3C)[C@](C)(O)C[C@@H](C)CN(C)[C@H](C)[C@@H](O)[C@]1(C)O. The Bertz CT molecular complexity index is 1340. The molecule has 4 N–H and O–H groups in total. The number of hydrogen-bond donors (Lipinski definition) is 4. The number of hydrogen-bond acceptors (Lipinski definition) is 14. The molecular weight excluding hydrogens is 743 g/mol. The number of esters is 1. The van der Waals surface area contributed by atoms with Gasteiger partial charge in [0.1, 0.15) is 23.9 Å². The monoisotopic (exact) mass is 818 g/mol. The number of aliphatic hydroxyl groups is 4. The normalized spacial score (nSPS) is 48.7. The Morgan fingerprint density at radius 1 is 0.982 bits per heavy atom. The van der Waals surface area contributed by atoms with Crippen molar-refractivity contribution in [3.8, 4) is 0 Å². The van der Waals surface area contributed by atoms with E-state index in [1.165, 1.54) is 14.0 Å². The van der Waals surface area contributed by atoms with Crippen molar-refractivity contribution in [1.82, 2.24) is 9.80 Å². The molecule has 15 heteroatoms. The van der Waals surface area contributed by atoms with Crippen molar-refractivity contribution in [2.75, 3.05) is 27.7 Å². The van der Waals surface area contributed by atoms with Gasteiger partial charge in [-0.25, -0.2) is 0 Å². The first kappa shape index (κ1) is 47.6. The van der Waals surface area contributed by atoms with Gasteiger partial charge in [-0.3, -0.25) is 9.79 Å². The van der Waals surface area contributed by atoms with Gasteiger partial charge in [-0.05, 0) is 94.5 Å². The summed E-state index contributed by atoms with van der Waals surface area (Å²) < 4.78 is 38.7. The van der Waals surface area contributed by atoms with Gasteiger partial charge in [0.2, 0.25) is 0 Å². The fraction of sp³-hybridized carbons (Fsp3) is 0.951. The second kappa shape index (κ2) is 18.7. The lowest BCUT2D eigenvalue weighted by Gasteiger charge is -2.48. The molecule has 0 saturated carbocycles. The molecule has 0 aromatic rings. The molecule has 4 rings (SSSR count). The van der Waals surface area contributed by atoms with Crippen LogP contribution in [0.2, 0.25) is 0 Å². The smallest absolute Gasteiger partial charge is 0.311 e. The van der Waals surface area contributed by atoms with E-state index in [-0.39, 0.29) is 42.2 Å². The molecule has 0 amide bonds. The molecular formula is C41H75N3O11S. The number of cyclic esters (lactones) is 1. The van der Waals surface area contributed by atoms with Crippen LogP contribution in [0.5, 0.6) is 0 Å². The van der Waals surface area contributed by atoms with Crippen molar-refractivity contribution in [3.05, 3.63) is 0 Å². The van der Waals surface area contributed by atoms with Crippen molar-refractivity contribution < 1.29 is 53.6 Å². The number of carbonyl (C=O) groups is 1. The van der Waals surface area contributed by atoms with Gasteiger partial charge in [0.25, 0.3) is 0 Å². The molecule has 4 fully saturated rings. The largest absolute Gasteiger partial charge is 0.459 e. The maximum Gasteiger partial charge on any atom is 0.311 e. The number of fused-ring (bicyclic) bond motifs is 1. The number of rotatable bonds is 7. The zero-order chi connectivity index (χ0) is 42.2. The Labute approximate surface area is 340 Å². The summed E-state index contributed by atoms with van der Waals surface area (Å²) in [5.74, 6) is -2.38. The van der Waals surface area contributed by atoms with Crippen LogP contribution in [-0.4, -0.2) is 165 Å². The van der Waals surface area contributed by atoms with Crippen molar-refractivity contribution in [2.45, 2.75) is 204 Å². The Kier molecular flexibility index (Phi) is 15.8. The van der Waals surface area contributed by atoms with E-state index < -0.39 is 89.9 Å². The van der Waals surface area contributed by atoms with Crippen LogP contribution < -0.4 is 0 Å². The number of aliphatic imine (C=N–C) groups is 1. The molecule has 4 saturated heterocycles. The Hall–Kier alpha value is -1.11. The second-order valence-corrected chi connectivity index (χ2v) is 19.6. The first-order valence-electron chi connectivity index (χ1n) is 20.7. The van der Waals surface area contributed by atoms with Crippen LogP contribution in [0.15, 0.2) is 4.99 Å². The summed E-state index contributed by atoms with van der Waals surface area (Å²) >= 11 is 1.63. The zero-order valence-corrected chi connectivity index (χ0v) is 37.5. The van der Waals surface area contributed by atoms with E-state index in [2.05, 4.69) is 25.8 Å². The summed E-state index contributed by atoms with van der Waals surface area (Å²) in [5, 5.41) is 47.9. The second-order valence-electron chi connectivity index (χ2n) is 18.4. The first-order chi connectivity index (χ1) is 25.9. The number of ether oxygens (including phenoxy) is 6. The number of likely N-dealkylation sites (N-methyl/N-ethyl adjacent to an activating group) is 1. The highest BCUT2D eigenvalue weighted by Crippen LogP contribution is 2.44. The minimum Gasteiger partial charge on any atom is -0.459 e. The van der Waals surface area contributed by atoms with Gasteiger partial charge in [-0.1, -0.05) is 32.5 Å². The molecule has 56 heavy (non-hydrogen) atoms. The van der Waals surface area contributed by atoms with Gasteiger partial charge in [0.15, 0.2) is 17.7 Å². The van der Waals surface area contributed by atoms with Gasteiger partial charge in [0, 0.05) is 45.1 Å². The highest BCUT2D eigenvalue weighted by Gasteiger charge is 2.54. The topological polar surface area (TPSA) is 172 Å². The molecule has 0 unspecified atom stereocenters. The standard InChI is InChI=1S/C41H75N3O11S/c1-16-29-41(12,49)33(45)26(8)43(13)20-22(4)18-39(10,48)35(55-37-32-28(17-23(5)51-37)44(14)38(56-32)42-21(2)3)24(6)31(25(7)36(47)53-29)54-30-19-40(11,50-15)34(46)27(9)52-30/h21-35,37,45-46,48-49H,16-20H2,1-15H3/t22-,23-,24+,25-,26-,27+,28+,29-,30+,31+,32+,33-,34+,35-,37+,39-,40-,41-/m1/s1. The van der Waals surface area contributed by atoms with E-state index in [0.29, 0.717) is 13.0 Å². The van der Waals surface area contributed by atoms with Gasteiger partial charge >= 0.3 is 5.97 Å². The molecule has 0 bridgehead atoms. The summed E-state index contributed by atoms with van der Waals surface area (Å²) in [5.41, 5.74) is -4.27. The number of aliphatic hydroxyl groups excluding tert-OH is 2. The minimum absolute atomic E-state index is 0.0873. The molecule has 0 spiro atoms. The highest BCUT2D eigenvalue weighted by atomic mass is 32.2.